The van der Waals surface area contributed by atoms with Gasteiger partial charge < -0.3 is 33.8 Å². The number of rotatable bonds is 10. The van der Waals surface area contributed by atoms with Gasteiger partial charge in [0.25, 0.3) is 5.91 Å². The lowest BCUT2D eigenvalue weighted by molar-refractivity contribution is -0.124. The maximum absolute atomic E-state index is 13.7. The van der Waals surface area contributed by atoms with Crippen molar-refractivity contribution in [2.24, 2.45) is 5.92 Å². The average Bonchev–Trinajstić information content (AvgIpc) is 3.55. The molecule has 1 aromatic heterocycles. The summed E-state index contributed by atoms with van der Waals surface area (Å²) in [4.78, 5) is 45.3. The number of likely N-dealkylation sites (tertiary alicyclic amines) is 1. The van der Waals surface area contributed by atoms with Crippen molar-refractivity contribution in [3.05, 3.63) is 47.4 Å². The highest BCUT2D eigenvalue weighted by Gasteiger charge is 2.28. The lowest BCUT2D eigenvalue weighted by atomic mass is 9.96. The third-order valence-corrected chi connectivity index (χ3v) is 5.97. The predicted molar refractivity (Wildman–Crippen MR) is 150 cm³/mol. The van der Waals surface area contributed by atoms with E-state index in [-0.39, 0.29) is 35.7 Å². The van der Waals surface area contributed by atoms with Crippen LogP contribution in [0.25, 0.3) is 0 Å². The molecule has 0 spiro atoms. The summed E-state index contributed by atoms with van der Waals surface area (Å²) in [5.41, 5.74) is 0.0417. The van der Waals surface area contributed by atoms with Crippen molar-refractivity contribution in [3.63, 3.8) is 0 Å². The van der Waals surface area contributed by atoms with Gasteiger partial charge in [0.1, 0.15) is 19.7 Å². The Morgan fingerprint density at radius 3 is 2.12 bits per heavy atom. The molecule has 1 aromatic carbocycles. The van der Waals surface area contributed by atoms with E-state index < -0.39 is 47.5 Å². The first kappa shape index (κ1) is 39.4. The van der Waals surface area contributed by atoms with Crippen LogP contribution in [0.5, 0.6) is 5.75 Å². The molecule has 1 aliphatic rings. The second-order valence-electron chi connectivity index (χ2n) is 9.84. The summed E-state index contributed by atoms with van der Waals surface area (Å²) < 4.78 is 68.4. The second kappa shape index (κ2) is 20.3. The Labute approximate surface area is 249 Å². The van der Waals surface area contributed by atoms with E-state index in [2.05, 4.69) is 10.5 Å². The largest absolute Gasteiger partial charge is 0.479 e. The third-order valence-electron chi connectivity index (χ3n) is 5.97. The van der Waals surface area contributed by atoms with E-state index in [4.69, 9.17) is 18.8 Å². The van der Waals surface area contributed by atoms with Crippen molar-refractivity contribution in [3.8, 4) is 5.75 Å². The van der Waals surface area contributed by atoms with Crippen LogP contribution < -0.4 is 10.1 Å². The van der Waals surface area contributed by atoms with Crippen LogP contribution in [0.2, 0.25) is 0 Å². The molecular weight excluding hydrogens is 578 g/mol. The number of carbonyl (C=O) groups excluding carboxylic acids is 4. The van der Waals surface area contributed by atoms with E-state index in [9.17, 15) is 31.9 Å². The fourth-order valence-corrected chi connectivity index (χ4v) is 3.48. The zero-order chi connectivity index (χ0) is 33.2. The number of hydrogen-bond acceptors (Lipinski definition) is 9. The summed E-state index contributed by atoms with van der Waals surface area (Å²) in [6.45, 7) is 12.4. The number of aldehydes is 1. The molecular formula is C29H41F4N3O7. The molecule has 1 N–H and O–H groups in total. The highest BCUT2D eigenvalue weighted by Crippen LogP contribution is 2.26. The van der Waals surface area contributed by atoms with Gasteiger partial charge in [0.15, 0.2) is 23.2 Å². The number of carbonyl (C=O) groups is 4. The monoisotopic (exact) mass is 619 g/mol. The molecule has 14 heteroatoms. The van der Waals surface area contributed by atoms with Gasteiger partial charge in [-0.2, -0.15) is 8.78 Å². The first-order valence-electron chi connectivity index (χ1n) is 13.6. The van der Waals surface area contributed by atoms with Gasteiger partial charge in [-0.1, -0.05) is 19.0 Å². The predicted octanol–water partition coefficient (Wildman–Crippen LogP) is 4.55. The minimum atomic E-state index is -1.76. The van der Waals surface area contributed by atoms with Gasteiger partial charge in [-0.3, -0.25) is 9.59 Å². The molecule has 43 heavy (non-hydrogen) atoms. The Morgan fingerprint density at radius 2 is 1.67 bits per heavy atom. The molecule has 0 radical (unpaired) electrons. The molecule has 0 bridgehead atoms. The van der Waals surface area contributed by atoms with Gasteiger partial charge in [0.05, 0.1) is 17.8 Å². The number of Topliss-reactive ketones (excluding diaryl/α,β-unsaturated/α-hetero) is 1. The fourth-order valence-electron chi connectivity index (χ4n) is 3.48. The molecule has 3 rings (SSSR count). The number of nitrogens with one attached hydrogen (secondary N) is 1. The molecule has 2 aromatic rings. The zero-order valence-electron chi connectivity index (χ0n) is 25.4. The summed E-state index contributed by atoms with van der Waals surface area (Å²) in [6.07, 6.45) is 2.91. The fraction of sp³-hybridized carbons (Fsp3) is 0.552. The number of aromatic nitrogens is 1. The van der Waals surface area contributed by atoms with Gasteiger partial charge in [-0.05, 0) is 46.1 Å². The maximum Gasteiger partial charge on any atom is 0.292 e. The molecule has 1 saturated heterocycles. The third kappa shape index (κ3) is 13.5. The quantitative estimate of drug-likeness (QED) is 0.231. The molecule has 0 saturated carbocycles. The van der Waals surface area contributed by atoms with Crippen LogP contribution in [0.4, 0.5) is 17.6 Å². The second-order valence-corrected chi connectivity index (χ2v) is 9.84. The van der Waals surface area contributed by atoms with Crippen LogP contribution in [-0.4, -0.2) is 79.8 Å². The van der Waals surface area contributed by atoms with Crippen molar-refractivity contribution in [2.45, 2.75) is 65.5 Å². The summed E-state index contributed by atoms with van der Waals surface area (Å²) in [6, 6.07) is 0.491. The minimum absolute atomic E-state index is 0.0282. The van der Waals surface area contributed by atoms with E-state index in [1.54, 1.807) is 12.0 Å². The van der Waals surface area contributed by atoms with Gasteiger partial charge in [0, 0.05) is 38.8 Å². The minimum Gasteiger partial charge on any atom is -0.479 e. The maximum atomic E-state index is 13.7. The number of nitrogens with zero attached hydrogens (tertiary/aromatic N) is 2. The summed E-state index contributed by atoms with van der Waals surface area (Å²) >= 11 is 0. The molecule has 1 atom stereocenters. The number of amides is 1. The van der Waals surface area contributed by atoms with Crippen molar-refractivity contribution in [2.75, 3.05) is 33.4 Å². The van der Waals surface area contributed by atoms with Gasteiger partial charge in [-0.15, -0.1) is 0 Å². The van der Waals surface area contributed by atoms with Crippen LogP contribution in [0.1, 0.15) is 64.4 Å². The number of methoxy groups -OCH3 is 1. The van der Waals surface area contributed by atoms with Crippen molar-refractivity contribution in [1.29, 1.82) is 0 Å². The number of ether oxygens (including phenoxy) is 2. The van der Waals surface area contributed by atoms with Crippen LogP contribution >= 0.6 is 0 Å². The summed E-state index contributed by atoms with van der Waals surface area (Å²) in [5.74, 6) is -8.91. The molecule has 1 aliphatic heterocycles. The standard InChI is InChI=1S/C21H21F4N3O5.C5H12O.C2H6.CH2O/c22-13-9-14(23)19(25)20(18(13)24)32-11-16(30)15(4-8-29)26-10-12-2-6-28(7-3-12)21(31)17-1-5-27-33-17;1-5(2,3)6-4;2*1-2/h1,5,8-9,12,15,26H,2-4,6-7,10-11H2;1-4H3;1-2H3;1H2. The molecule has 1 fully saturated rings. The molecule has 1 amide bonds. The zero-order valence-corrected chi connectivity index (χ0v) is 25.4. The van der Waals surface area contributed by atoms with E-state index >= 15 is 0 Å². The summed E-state index contributed by atoms with van der Waals surface area (Å²) in [5, 5.41) is 6.43. The van der Waals surface area contributed by atoms with E-state index in [1.807, 2.05) is 41.4 Å². The lowest BCUT2D eigenvalue weighted by Crippen LogP contribution is -2.45. The van der Waals surface area contributed by atoms with Crippen LogP contribution in [-0.2, 0) is 19.1 Å². The number of benzene rings is 1. The van der Waals surface area contributed by atoms with Crippen LogP contribution in [0.3, 0.4) is 0 Å². The molecule has 242 valence electrons. The smallest absolute Gasteiger partial charge is 0.292 e. The molecule has 1 unspecified atom stereocenters. The van der Waals surface area contributed by atoms with E-state index in [0.29, 0.717) is 38.8 Å². The SMILES string of the molecule is C=O.CC.COC(C)(C)C.O=CCC(NCC1CCN(C(=O)c2ccno2)CC1)C(=O)COc1c(F)c(F)cc(F)c1F. The molecule has 0 aliphatic carbocycles. The number of hydrogen-bond donors (Lipinski definition) is 1. The number of ketones is 1. The van der Waals surface area contributed by atoms with Gasteiger partial charge in [-0.25, -0.2) is 8.78 Å². The van der Waals surface area contributed by atoms with E-state index in [0.717, 1.165) is 0 Å². The first-order valence-corrected chi connectivity index (χ1v) is 13.6. The van der Waals surface area contributed by atoms with Gasteiger partial charge in [0.2, 0.25) is 17.4 Å². The normalized spacial score (nSPS) is 13.7. The Hall–Kier alpha value is -3.65. The first-order chi connectivity index (χ1) is 20.4. The highest BCUT2D eigenvalue weighted by atomic mass is 19.2. The Balaban J connectivity index is 0.00000155. The van der Waals surface area contributed by atoms with Crippen molar-refractivity contribution < 1.29 is 50.7 Å². The van der Waals surface area contributed by atoms with Crippen molar-refractivity contribution >= 4 is 24.8 Å². The highest BCUT2D eigenvalue weighted by molar-refractivity contribution is 5.91. The van der Waals surface area contributed by atoms with Crippen LogP contribution in [0, 0.1) is 29.2 Å². The summed E-state index contributed by atoms with van der Waals surface area (Å²) in [7, 11) is 1.71. The average molecular weight is 620 g/mol. The number of halogens is 4. The topological polar surface area (TPSA) is 128 Å². The molecule has 10 nitrogen and oxygen atoms in total. The number of piperidine rings is 1. The Bertz CT molecular complexity index is 1090. The Kier molecular flexibility index (Phi) is 18.6. The van der Waals surface area contributed by atoms with Crippen LogP contribution in [0.15, 0.2) is 22.9 Å². The Morgan fingerprint density at radius 1 is 1.14 bits per heavy atom. The van der Waals surface area contributed by atoms with Crippen molar-refractivity contribution in [1.82, 2.24) is 15.4 Å². The lowest BCUT2D eigenvalue weighted by Gasteiger charge is -2.32. The van der Waals surface area contributed by atoms with E-state index in [1.165, 1.54) is 12.3 Å². The molecule has 2 heterocycles. The van der Waals surface area contributed by atoms with Gasteiger partial charge >= 0.3 is 0 Å².